The maximum absolute atomic E-state index is 12.3. The molecule has 0 saturated carbocycles. The molecule has 1 N–H and O–H groups in total. The second-order valence-corrected chi connectivity index (χ2v) is 7.49. The molecule has 1 aliphatic rings. The van der Waals surface area contributed by atoms with E-state index in [1.807, 2.05) is 33.0 Å². The summed E-state index contributed by atoms with van der Waals surface area (Å²) in [6.07, 6.45) is 0. The number of nitrogens with one attached hydrogen (secondary N) is 1. The number of anilines is 2. The van der Waals surface area contributed by atoms with Crippen LogP contribution in [0.2, 0.25) is 0 Å². The Balaban J connectivity index is 1.54. The van der Waals surface area contributed by atoms with Crippen LogP contribution in [-0.2, 0) is 11.8 Å². The lowest BCUT2D eigenvalue weighted by molar-refractivity contribution is -0.117. The fraction of sp³-hybridized carbons (Fsp3) is 0.579. The van der Waals surface area contributed by atoms with E-state index in [1.54, 1.807) is 4.68 Å². The van der Waals surface area contributed by atoms with E-state index in [2.05, 4.69) is 39.0 Å². The predicted molar refractivity (Wildman–Crippen MR) is 106 cm³/mol. The maximum atomic E-state index is 12.3. The molecule has 1 amide bonds. The van der Waals surface area contributed by atoms with Crippen molar-refractivity contribution in [2.24, 2.45) is 7.05 Å². The molecule has 3 heterocycles. The van der Waals surface area contributed by atoms with Crippen LogP contribution in [0, 0.1) is 13.8 Å². The van der Waals surface area contributed by atoms with E-state index in [0.717, 1.165) is 55.0 Å². The van der Waals surface area contributed by atoms with Gasteiger partial charge in [0.15, 0.2) is 0 Å². The molecule has 1 aliphatic heterocycles. The zero-order valence-electron chi connectivity index (χ0n) is 16.9. The van der Waals surface area contributed by atoms with Gasteiger partial charge in [-0.3, -0.25) is 14.4 Å². The molecule has 1 saturated heterocycles. The molecule has 0 radical (unpaired) electrons. The Kier molecular flexibility index (Phi) is 5.74. The minimum absolute atomic E-state index is 0.00794. The van der Waals surface area contributed by atoms with Gasteiger partial charge in [0.1, 0.15) is 17.5 Å². The van der Waals surface area contributed by atoms with Crippen molar-refractivity contribution in [1.29, 1.82) is 0 Å². The minimum Gasteiger partial charge on any atom is -0.354 e. The quantitative estimate of drug-likeness (QED) is 0.862. The number of amides is 1. The molecule has 2 aromatic rings. The molecule has 27 heavy (non-hydrogen) atoms. The highest BCUT2D eigenvalue weighted by Crippen LogP contribution is 2.18. The molecule has 8 heteroatoms. The van der Waals surface area contributed by atoms with Gasteiger partial charge in [0.25, 0.3) is 0 Å². The van der Waals surface area contributed by atoms with E-state index in [9.17, 15) is 4.79 Å². The molecule has 0 unspecified atom stereocenters. The Labute approximate surface area is 160 Å². The van der Waals surface area contributed by atoms with Crippen LogP contribution in [0.5, 0.6) is 0 Å². The fourth-order valence-electron chi connectivity index (χ4n) is 3.24. The van der Waals surface area contributed by atoms with Crippen molar-refractivity contribution >= 4 is 17.5 Å². The van der Waals surface area contributed by atoms with E-state index in [1.165, 1.54) is 0 Å². The summed E-state index contributed by atoms with van der Waals surface area (Å²) in [5, 5.41) is 7.18. The number of aryl methyl sites for hydroxylation is 3. The average Bonchev–Trinajstić information content (AvgIpc) is 2.92. The third kappa shape index (κ3) is 4.82. The molecule has 0 spiro atoms. The van der Waals surface area contributed by atoms with Gasteiger partial charge >= 0.3 is 0 Å². The van der Waals surface area contributed by atoms with Gasteiger partial charge in [-0.25, -0.2) is 9.97 Å². The molecular formula is C19H29N7O. The second-order valence-electron chi connectivity index (χ2n) is 7.49. The van der Waals surface area contributed by atoms with E-state index in [4.69, 9.17) is 4.98 Å². The smallest absolute Gasteiger partial charge is 0.239 e. The van der Waals surface area contributed by atoms with E-state index >= 15 is 0 Å². The zero-order chi connectivity index (χ0) is 19.6. The Morgan fingerprint density at radius 2 is 1.81 bits per heavy atom. The second kappa shape index (κ2) is 8.04. The van der Waals surface area contributed by atoms with Crippen LogP contribution in [0.15, 0.2) is 12.1 Å². The largest absolute Gasteiger partial charge is 0.354 e. The molecule has 146 valence electrons. The van der Waals surface area contributed by atoms with Crippen molar-refractivity contribution in [2.45, 2.75) is 33.6 Å². The SMILES string of the molecule is Cc1cc(N2CCN(CC(=O)Nc3cc(C)nn3C)CC2)nc(C(C)C)n1. The Hall–Kier alpha value is -2.48. The summed E-state index contributed by atoms with van der Waals surface area (Å²) < 4.78 is 1.69. The molecule has 0 atom stereocenters. The van der Waals surface area contributed by atoms with Gasteiger partial charge in [-0.1, -0.05) is 13.8 Å². The van der Waals surface area contributed by atoms with Crippen molar-refractivity contribution in [3.05, 3.63) is 29.3 Å². The molecule has 0 bridgehead atoms. The number of carbonyl (C=O) groups excluding carboxylic acids is 1. The Morgan fingerprint density at radius 1 is 1.11 bits per heavy atom. The van der Waals surface area contributed by atoms with E-state index < -0.39 is 0 Å². The van der Waals surface area contributed by atoms with E-state index in [-0.39, 0.29) is 5.91 Å². The third-order valence-corrected chi connectivity index (χ3v) is 4.71. The highest BCUT2D eigenvalue weighted by atomic mass is 16.2. The average molecular weight is 371 g/mol. The summed E-state index contributed by atoms with van der Waals surface area (Å²) in [7, 11) is 1.83. The lowest BCUT2D eigenvalue weighted by atomic mass is 10.2. The summed E-state index contributed by atoms with van der Waals surface area (Å²) >= 11 is 0. The van der Waals surface area contributed by atoms with Gasteiger partial charge in [0, 0.05) is 57.0 Å². The fourth-order valence-corrected chi connectivity index (χ4v) is 3.24. The van der Waals surface area contributed by atoms with Crippen molar-refractivity contribution in [3.63, 3.8) is 0 Å². The summed E-state index contributed by atoms with van der Waals surface area (Å²) in [6, 6.07) is 3.92. The van der Waals surface area contributed by atoms with Gasteiger partial charge in [0.2, 0.25) is 5.91 Å². The number of aromatic nitrogens is 4. The van der Waals surface area contributed by atoms with Gasteiger partial charge in [-0.2, -0.15) is 5.10 Å². The molecule has 0 aromatic carbocycles. The molecule has 8 nitrogen and oxygen atoms in total. The van der Waals surface area contributed by atoms with Gasteiger partial charge in [-0.15, -0.1) is 0 Å². The van der Waals surface area contributed by atoms with Crippen molar-refractivity contribution in [3.8, 4) is 0 Å². The zero-order valence-corrected chi connectivity index (χ0v) is 16.9. The van der Waals surface area contributed by atoms with Crippen molar-refractivity contribution in [2.75, 3.05) is 42.9 Å². The standard InChI is InChI=1S/C19H29N7O/c1-13(2)19-20-14(3)10-17(22-19)26-8-6-25(7-9-26)12-18(27)21-16-11-15(4)23-24(16)5/h10-11,13H,6-9,12H2,1-5H3,(H,21,27). The number of rotatable bonds is 5. The lowest BCUT2D eigenvalue weighted by Gasteiger charge is -2.35. The third-order valence-electron chi connectivity index (χ3n) is 4.71. The summed E-state index contributed by atoms with van der Waals surface area (Å²) in [6.45, 7) is 11.9. The molecule has 1 fully saturated rings. The summed E-state index contributed by atoms with van der Waals surface area (Å²) in [5.74, 6) is 2.91. The first-order valence-corrected chi connectivity index (χ1v) is 9.45. The predicted octanol–water partition coefficient (Wildman–Crippen LogP) is 1.71. The van der Waals surface area contributed by atoms with Gasteiger partial charge in [0.05, 0.1) is 12.2 Å². The Bertz CT molecular complexity index is 806. The van der Waals surface area contributed by atoms with Crippen LogP contribution in [0.3, 0.4) is 0 Å². The summed E-state index contributed by atoms with van der Waals surface area (Å²) in [5.41, 5.74) is 1.89. The van der Waals surface area contributed by atoms with Gasteiger partial charge < -0.3 is 10.2 Å². The number of carbonyl (C=O) groups is 1. The van der Waals surface area contributed by atoms with Crippen LogP contribution >= 0.6 is 0 Å². The molecule has 0 aliphatic carbocycles. The highest BCUT2D eigenvalue weighted by Gasteiger charge is 2.21. The van der Waals surface area contributed by atoms with Gasteiger partial charge in [-0.05, 0) is 13.8 Å². The molecular weight excluding hydrogens is 342 g/mol. The highest BCUT2D eigenvalue weighted by molar-refractivity contribution is 5.91. The number of hydrogen-bond donors (Lipinski definition) is 1. The van der Waals surface area contributed by atoms with Crippen molar-refractivity contribution in [1.82, 2.24) is 24.6 Å². The maximum Gasteiger partial charge on any atom is 0.239 e. The minimum atomic E-state index is -0.00794. The normalized spacial score (nSPS) is 15.4. The number of nitrogens with zero attached hydrogens (tertiary/aromatic N) is 6. The van der Waals surface area contributed by atoms with E-state index in [0.29, 0.717) is 12.5 Å². The van der Waals surface area contributed by atoms with Crippen LogP contribution in [0.1, 0.15) is 37.0 Å². The van der Waals surface area contributed by atoms with Crippen LogP contribution < -0.4 is 10.2 Å². The first-order chi connectivity index (χ1) is 12.8. The summed E-state index contributed by atoms with van der Waals surface area (Å²) in [4.78, 5) is 26.0. The molecule has 3 rings (SSSR count). The number of hydrogen-bond acceptors (Lipinski definition) is 6. The first-order valence-electron chi connectivity index (χ1n) is 9.45. The topological polar surface area (TPSA) is 79.2 Å². The number of piperazine rings is 1. The molecule has 2 aromatic heterocycles. The lowest BCUT2D eigenvalue weighted by Crippen LogP contribution is -2.49. The monoisotopic (exact) mass is 371 g/mol. The first kappa shape index (κ1) is 19.3. The van der Waals surface area contributed by atoms with Crippen LogP contribution in [0.25, 0.3) is 0 Å². The van der Waals surface area contributed by atoms with Crippen molar-refractivity contribution < 1.29 is 4.79 Å². The Morgan fingerprint density at radius 3 is 2.41 bits per heavy atom. The van der Waals surface area contributed by atoms with Crippen LogP contribution in [0.4, 0.5) is 11.6 Å². The van der Waals surface area contributed by atoms with Crippen LogP contribution in [-0.4, -0.2) is 63.3 Å².